The van der Waals surface area contributed by atoms with Crippen LogP contribution in [0.3, 0.4) is 0 Å². The van der Waals surface area contributed by atoms with Gasteiger partial charge >= 0.3 is 0 Å². The van der Waals surface area contributed by atoms with Crippen LogP contribution in [-0.2, 0) is 10.2 Å². The average Bonchev–Trinajstić information content (AvgIpc) is 3.09. The zero-order valence-electron chi connectivity index (χ0n) is 12.5. The summed E-state index contributed by atoms with van der Waals surface area (Å²) in [5.74, 6) is 0.744. The largest absolute Gasteiger partial charge is 0.314 e. The number of nitrogens with one attached hydrogen (secondary N) is 1. The van der Waals surface area contributed by atoms with Crippen LogP contribution >= 0.6 is 0 Å². The van der Waals surface area contributed by atoms with Gasteiger partial charge in [0.15, 0.2) is 0 Å². The molecule has 0 saturated heterocycles. The lowest BCUT2D eigenvalue weighted by Crippen LogP contribution is -2.38. The van der Waals surface area contributed by atoms with E-state index in [9.17, 15) is 4.79 Å². The summed E-state index contributed by atoms with van der Waals surface area (Å²) in [4.78, 5) is 21.6. The Labute approximate surface area is 129 Å². The molecule has 5 heteroatoms. The minimum Gasteiger partial charge on any atom is -0.314 e. The van der Waals surface area contributed by atoms with Gasteiger partial charge < -0.3 is 4.57 Å². The Morgan fingerprint density at radius 3 is 2.77 bits per heavy atom. The molecule has 5 nitrogen and oxygen atoms in total. The van der Waals surface area contributed by atoms with E-state index in [1.807, 2.05) is 24.5 Å². The van der Waals surface area contributed by atoms with Crippen LogP contribution in [0.15, 0.2) is 36.9 Å². The van der Waals surface area contributed by atoms with Crippen LogP contribution in [0.1, 0.15) is 50.1 Å². The Kier molecular flexibility index (Phi) is 3.21. The standard InChI is InChI=1S/C17H20N4O/c22-15(20-16-19-10-11-21(16)14-5-6-14)17(7-1-2-8-17)13-4-3-9-18-12-13/h3-4,9-12,14H,1-2,5-8H2,(H,19,20,22). The number of hydrogen-bond acceptors (Lipinski definition) is 3. The summed E-state index contributed by atoms with van der Waals surface area (Å²) in [6.07, 6.45) is 13.6. The van der Waals surface area contributed by atoms with E-state index in [2.05, 4.69) is 19.9 Å². The molecule has 2 saturated carbocycles. The van der Waals surface area contributed by atoms with E-state index in [4.69, 9.17) is 0 Å². The lowest BCUT2D eigenvalue weighted by molar-refractivity contribution is -0.121. The Morgan fingerprint density at radius 1 is 1.27 bits per heavy atom. The molecule has 0 atom stereocenters. The first-order valence-electron chi connectivity index (χ1n) is 8.04. The van der Waals surface area contributed by atoms with Crippen LogP contribution < -0.4 is 5.32 Å². The molecule has 2 fully saturated rings. The predicted octanol–water partition coefficient (Wildman–Crippen LogP) is 3.06. The fraction of sp³-hybridized carbons (Fsp3) is 0.471. The molecule has 0 radical (unpaired) electrons. The first kappa shape index (κ1) is 13.5. The number of hydrogen-bond donors (Lipinski definition) is 1. The summed E-state index contributed by atoms with van der Waals surface area (Å²) < 4.78 is 2.09. The second kappa shape index (κ2) is 5.23. The number of amides is 1. The number of anilines is 1. The maximum Gasteiger partial charge on any atom is 0.237 e. The summed E-state index contributed by atoms with van der Waals surface area (Å²) in [7, 11) is 0. The zero-order valence-corrected chi connectivity index (χ0v) is 12.5. The molecule has 0 spiro atoms. The van der Waals surface area contributed by atoms with E-state index in [-0.39, 0.29) is 5.91 Å². The molecule has 22 heavy (non-hydrogen) atoms. The molecule has 114 valence electrons. The minimum absolute atomic E-state index is 0.0612. The third-order valence-electron chi connectivity index (χ3n) is 4.94. The van der Waals surface area contributed by atoms with Crippen molar-refractivity contribution in [1.29, 1.82) is 0 Å². The Bertz CT molecular complexity index is 669. The third kappa shape index (κ3) is 2.21. The van der Waals surface area contributed by atoms with Gasteiger partial charge in [0, 0.05) is 30.8 Å². The van der Waals surface area contributed by atoms with Crippen LogP contribution in [0, 0.1) is 0 Å². The lowest BCUT2D eigenvalue weighted by atomic mass is 9.79. The van der Waals surface area contributed by atoms with E-state index < -0.39 is 5.41 Å². The highest BCUT2D eigenvalue weighted by atomic mass is 16.2. The van der Waals surface area contributed by atoms with Crippen molar-refractivity contribution in [2.24, 2.45) is 0 Å². The number of carbonyl (C=O) groups is 1. The fourth-order valence-electron chi connectivity index (χ4n) is 3.55. The van der Waals surface area contributed by atoms with Gasteiger partial charge in [-0.3, -0.25) is 15.1 Å². The van der Waals surface area contributed by atoms with E-state index in [0.29, 0.717) is 12.0 Å². The highest BCUT2D eigenvalue weighted by Crippen LogP contribution is 2.42. The van der Waals surface area contributed by atoms with E-state index in [1.165, 1.54) is 12.8 Å². The highest BCUT2D eigenvalue weighted by Gasteiger charge is 2.43. The number of rotatable bonds is 4. The summed E-state index contributed by atoms with van der Waals surface area (Å²) in [5, 5.41) is 3.08. The van der Waals surface area contributed by atoms with Crippen molar-refractivity contribution < 1.29 is 4.79 Å². The van der Waals surface area contributed by atoms with Crippen molar-refractivity contribution in [2.45, 2.75) is 50.0 Å². The normalized spacial score (nSPS) is 20.0. The van der Waals surface area contributed by atoms with Crippen LogP contribution in [0.5, 0.6) is 0 Å². The summed E-state index contributed by atoms with van der Waals surface area (Å²) >= 11 is 0. The Morgan fingerprint density at radius 2 is 2.09 bits per heavy atom. The lowest BCUT2D eigenvalue weighted by Gasteiger charge is -2.27. The first-order valence-corrected chi connectivity index (χ1v) is 8.04. The minimum atomic E-state index is -0.450. The number of nitrogens with zero attached hydrogens (tertiary/aromatic N) is 3. The molecule has 4 rings (SSSR count). The van der Waals surface area contributed by atoms with Crippen molar-refractivity contribution in [2.75, 3.05) is 5.32 Å². The van der Waals surface area contributed by atoms with Crippen molar-refractivity contribution in [3.8, 4) is 0 Å². The fourth-order valence-corrected chi connectivity index (χ4v) is 3.55. The molecular formula is C17H20N4O. The van der Waals surface area contributed by atoms with Gasteiger partial charge in [-0.1, -0.05) is 18.9 Å². The van der Waals surface area contributed by atoms with Crippen molar-refractivity contribution in [3.05, 3.63) is 42.5 Å². The quantitative estimate of drug-likeness (QED) is 0.943. The van der Waals surface area contributed by atoms with Crippen LogP contribution in [0.4, 0.5) is 5.95 Å². The predicted molar refractivity (Wildman–Crippen MR) is 83.5 cm³/mol. The monoisotopic (exact) mass is 296 g/mol. The molecule has 2 aliphatic rings. The second-order valence-electron chi connectivity index (χ2n) is 6.37. The molecule has 0 unspecified atom stereocenters. The van der Waals surface area contributed by atoms with E-state index in [1.54, 1.807) is 12.4 Å². The molecule has 2 aliphatic carbocycles. The molecule has 2 aromatic heterocycles. The molecule has 1 N–H and O–H groups in total. The smallest absolute Gasteiger partial charge is 0.237 e. The highest BCUT2D eigenvalue weighted by molar-refractivity contribution is 5.98. The van der Waals surface area contributed by atoms with Crippen molar-refractivity contribution in [1.82, 2.24) is 14.5 Å². The second-order valence-corrected chi connectivity index (χ2v) is 6.37. The topological polar surface area (TPSA) is 59.8 Å². The molecule has 2 aromatic rings. The number of pyridine rings is 1. The average molecular weight is 296 g/mol. The van der Waals surface area contributed by atoms with Gasteiger partial charge in [0.1, 0.15) is 0 Å². The maximum absolute atomic E-state index is 13.0. The molecule has 0 aromatic carbocycles. The van der Waals surface area contributed by atoms with Gasteiger partial charge in [-0.2, -0.15) is 0 Å². The summed E-state index contributed by atoms with van der Waals surface area (Å²) in [6, 6.07) is 4.44. The molecule has 1 amide bonds. The van der Waals surface area contributed by atoms with Gasteiger partial charge in [0.2, 0.25) is 11.9 Å². The van der Waals surface area contributed by atoms with Crippen LogP contribution in [0.25, 0.3) is 0 Å². The molecule has 0 aliphatic heterocycles. The van der Waals surface area contributed by atoms with Crippen LogP contribution in [0.2, 0.25) is 0 Å². The SMILES string of the molecule is O=C(Nc1nccn1C1CC1)C1(c2cccnc2)CCCC1. The van der Waals surface area contributed by atoms with Crippen molar-refractivity contribution >= 4 is 11.9 Å². The Balaban J connectivity index is 1.63. The van der Waals surface area contributed by atoms with E-state index in [0.717, 1.165) is 31.2 Å². The molecular weight excluding hydrogens is 276 g/mol. The Hall–Kier alpha value is -2.17. The van der Waals surface area contributed by atoms with Gasteiger partial charge in [0.05, 0.1) is 5.41 Å². The number of imidazole rings is 1. The van der Waals surface area contributed by atoms with Gasteiger partial charge in [-0.05, 0) is 37.3 Å². The van der Waals surface area contributed by atoms with Crippen LogP contribution in [-0.4, -0.2) is 20.4 Å². The van der Waals surface area contributed by atoms with Gasteiger partial charge in [0.25, 0.3) is 0 Å². The zero-order chi connectivity index (χ0) is 15.0. The molecule has 2 heterocycles. The number of aromatic nitrogens is 3. The summed E-state index contributed by atoms with van der Waals surface area (Å²) in [6.45, 7) is 0. The number of carbonyl (C=O) groups excluding carboxylic acids is 1. The van der Waals surface area contributed by atoms with Gasteiger partial charge in [-0.15, -0.1) is 0 Å². The van der Waals surface area contributed by atoms with Crippen molar-refractivity contribution in [3.63, 3.8) is 0 Å². The maximum atomic E-state index is 13.0. The van der Waals surface area contributed by atoms with E-state index >= 15 is 0 Å². The molecule has 0 bridgehead atoms. The summed E-state index contributed by atoms with van der Waals surface area (Å²) in [5.41, 5.74) is 0.573. The van der Waals surface area contributed by atoms with Gasteiger partial charge in [-0.25, -0.2) is 4.98 Å². The third-order valence-corrected chi connectivity index (χ3v) is 4.94. The first-order chi connectivity index (χ1) is 10.8.